The Morgan fingerprint density at radius 2 is 1.90 bits per heavy atom. The number of nitrogens with zero attached hydrogens (tertiary/aromatic N) is 2. The molecular weight excluding hydrogens is 368 g/mol. The maximum atomic E-state index is 13.7. The molecule has 30 heavy (non-hydrogen) atoms. The van der Waals surface area contributed by atoms with Gasteiger partial charge in [-0.1, -0.05) is 45.0 Å². The molecule has 1 aromatic rings. The number of carbonyl (C=O) groups excluding carboxylic acids is 1. The maximum Gasteiger partial charge on any atom is 0.226 e. The highest BCUT2D eigenvalue weighted by Gasteiger charge is 2.40. The van der Waals surface area contributed by atoms with E-state index < -0.39 is 0 Å². The van der Waals surface area contributed by atoms with E-state index in [9.17, 15) is 4.79 Å². The second-order valence-corrected chi connectivity index (χ2v) is 10.3. The molecule has 0 aromatic heterocycles. The summed E-state index contributed by atoms with van der Waals surface area (Å²) in [5.74, 6) is 1.92. The fourth-order valence-corrected chi connectivity index (χ4v) is 6.34. The summed E-state index contributed by atoms with van der Waals surface area (Å²) in [6.45, 7) is 10.1. The number of carbonyl (C=O) groups is 1. The van der Waals surface area contributed by atoms with Gasteiger partial charge in [0.2, 0.25) is 5.91 Å². The largest absolute Gasteiger partial charge is 0.335 e. The Morgan fingerprint density at radius 1 is 1.17 bits per heavy atom. The van der Waals surface area contributed by atoms with Gasteiger partial charge in [0, 0.05) is 19.0 Å². The molecule has 1 fully saturated rings. The lowest BCUT2D eigenvalue weighted by atomic mass is 9.79. The van der Waals surface area contributed by atoms with Crippen LogP contribution in [0.3, 0.4) is 0 Å². The summed E-state index contributed by atoms with van der Waals surface area (Å²) in [4.78, 5) is 18.4. The van der Waals surface area contributed by atoms with E-state index in [0.29, 0.717) is 11.8 Å². The minimum Gasteiger partial charge on any atom is -0.335 e. The predicted molar refractivity (Wildman–Crippen MR) is 125 cm³/mol. The highest BCUT2D eigenvalue weighted by molar-refractivity contribution is 5.84. The van der Waals surface area contributed by atoms with Crippen molar-refractivity contribution in [1.29, 1.82) is 0 Å². The zero-order chi connectivity index (χ0) is 21.3. The second kappa shape index (κ2) is 9.26. The van der Waals surface area contributed by atoms with Crippen LogP contribution >= 0.6 is 0 Å². The smallest absolute Gasteiger partial charge is 0.226 e. The van der Waals surface area contributed by atoms with Gasteiger partial charge in [-0.3, -0.25) is 4.79 Å². The fourth-order valence-electron chi connectivity index (χ4n) is 6.34. The Kier molecular flexibility index (Phi) is 6.67. The Morgan fingerprint density at radius 3 is 2.60 bits per heavy atom. The number of amides is 1. The van der Waals surface area contributed by atoms with E-state index >= 15 is 0 Å². The molecule has 1 atom stereocenters. The summed E-state index contributed by atoms with van der Waals surface area (Å²) in [6, 6.07) is 9.15. The van der Waals surface area contributed by atoms with Crippen LogP contribution in [0, 0.1) is 17.8 Å². The fraction of sp³-hybridized carbons (Fsp3) is 0.667. The van der Waals surface area contributed by atoms with Crippen LogP contribution in [0.1, 0.15) is 70.4 Å². The molecule has 1 heterocycles. The van der Waals surface area contributed by atoms with Crippen molar-refractivity contribution < 1.29 is 4.79 Å². The van der Waals surface area contributed by atoms with E-state index in [2.05, 4.69) is 61.9 Å². The summed E-state index contributed by atoms with van der Waals surface area (Å²) in [5, 5.41) is 0. The number of hydrogen-bond donors (Lipinski definition) is 0. The summed E-state index contributed by atoms with van der Waals surface area (Å²) < 4.78 is 0. The first kappa shape index (κ1) is 21.6. The minimum atomic E-state index is 0.241. The lowest BCUT2D eigenvalue weighted by Crippen LogP contribution is -2.50. The molecular formula is C27H40N2O. The molecule has 0 radical (unpaired) electrons. The van der Waals surface area contributed by atoms with Crippen LogP contribution in [0.2, 0.25) is 0 Å². The molecule has 1 saturated carbocycles. The molecule has 2 aliphatic carbocycles. The second-order valence-electron chi connectivity index (χ2n) is 10.3. The quantitative estimate of drug-likeness (QED) is 0.629. The molecule has 0 spiro atoms. The third-order valence-electron chi connectivity index (χ3n) is 7.69. The molecule has 1 aromatic carbocycles. The molecule has 0 saturated heterocycles. The molecule has 164 valence electrons. The van der Waals surface area contributed by atoms with Gasteiger partial charge in [0.05, 0.1) is 6.04 Å². The first-order chi connectivity index (χ1) is 14.5. The van der Waals surface area contributed by atoms with E-state index in [1.165, 1.54) is 54.6 Å². The van der Waals surface area contributed by atoms with Gasteiger partial charge in [-0.15, -0.1) is 0 Å². The molecule has 0 bridgehead atoms. The van der Waals surface area contributed by atoms with Gasteiger partial charge in [-0.2, -0.15) is 0 Å². The Labute approximate surface area is 183 Å². The van der Waals surface area contributed by atoms with Gasteiger partial charge < -0.3 is 9.80 Å². The van der Waals surface area contributed by atoms with E-state index in [-0.39, 0.29) is 12.0 Å². The molecule has 3 aliphatic rings. The SMILES string of the molecule is CCCN(C)CC1CCC(C(=O)N2CCC3=C(Cc4ccccc43)C2C(C)C)CC1. The number of rotatable bonds is 6. The highest BCUT2D eigenvalue weighted by atomic mass is 16.2. The van der Waals surface area contributed by atoms with Crippen molar-refractivity contribution >= 4 is 11.5 Å². The highest BCUT2D eigenvalue weighted by Crippen LogP contribution is 2.43. The summed E-state index contributed by atoms with van der Waals surface area (Å²) in [7, 11) is 2.24. The number of benzene rings is 1. The molecule has 1 aliphatic heterocycles. The van der Waals surface area contributed by atoms with Gasteiger partial charge in [0.1, 0.15) is 0 Å². The first-order valence-corrected chi connectivity index (χ1v) is 12.3. The molecule has 0 N–H and O–H groups in total. The van der Waals surface area contributed by atoms with E-state index in [1.807, 2.05) is 0 Å². The van der Waals surface area contributed by atoms with Crippen LogP contribution in [0.5, 0.6) is 0 Å². The molecule has 3 nitrogen and oxygen atoms in total. The van der Waals surface area contributed by atoms with Crippen molar-refractivity contribution in [3.05, 3.63) is 41.0 Å². The van der Waals surface area contributed by atoms with Gasteiger partial charge in [0.25, 0.3) is 0 Å². The van der Waals surface area contributed by atoms with Gasteiger partial charge >= 0.3 is 0 Å². The average Bonchev–Trinajstić information content (AvgIpc) is 3.11. The summed E-state index contributed by atoms with van der Waals surface area (Å²) in [5.41, 5.74) is 5.97. The van der Waals surface area contributed by atoms with Gasteiger partial charge in [0.15, 0.2) is 0 Å². The van der Waals surface area contributed by atoms with Crippen molar-refractivity contribution in [2.45, 2.75) is 71.8 Å². The molecule has 1 amide bonds. The Balaban J connectivity index is 1.43. The number of hydrogen-bond acceptors (Lipinski definition) is 2. The van der Waals surface area contributed by atoms with Gasteiger partial charge in [-0.05, 0) is 92.6 Å². The predicted octanol–water partition coefficient (Wildman–Crippen LogP) is 5.40. The average molecular weight is 409 g/mol. The van der Waals surface area contributed by atoms with E-state index in [0.717, 1.165) is 38.1 Å². The lowest BCUT2D eigenvalue weighted by Gasteiger charge is -2.42. The van der Waals surface area contributed by atoms with Crippen LogP contribution in [-0.4, -0.2) is 48.4 Å². The lowest BCUT2D eigenvalue weighted by molar-refractivity contribution is -0.139. The Bertz CT molecular complexity index is 788. The third-order valence-corrected chi connectivity index (χ3v) is 7.69. The van der Waals surface area contributed by atoms with Crippen molar-refractivity contribution in [3.8, 4) is 0 Å². The van der Waals surface area contributed by atoms with Crippen LogP contribution in [0.15, 0.2) is 29.8 Å². The van der Waals surface area contributed by atoms with Gasteiger partial charge in [-0.25, -0.2) is 0 Å². The van der Waals surface area contributed by atoms with Crippen molar-refractivity contribution in [2.24, 2.45) is 17.8 Å². The molecule has 1 unspecified atom stereocenters. The topological polar surface area (TPSA) is 23.6 Å². The van der Waals surface area contributed by atoms with Crippen LogP contribution in [0.25, 0.3) is 5.57 Å². The number of fused-ring (bicyclic) bond motifs is 2. The minimum absolute atomic E-state index is 0.241. The zero-order valence-corrected chi connectivity index (χ0v) is 19.5. The van der Waals surface area contributed by atoms with Crippen molar-refractivity contribution in [1.82, 2.24) is 9.80 Å². The molecule has 3 heteroatoms. The third kappa shape index (κ3) is 4.23. The van der Waals surface area contributed by atoms with E-state index in [4.69, 9.17) is 0 Å². The van der Waals surface area contributed by atoms with Crippen molar-refractivity contribution in [3.63, 3.8) is 0 Å². The first-order valence-electron chi connectivity index (χ1n) is 12.3. The monoisotopic (exact) mass is 408 g/mol. The zero-order valence-electron chi connectivity index (χ0n) is 19.5. The summed E-state index contributed by atoms with van der Waals surface area (Å²) in [6.07, 6.45) is 7.87. The summed E-state index contributed by atoms with van der Waals surface area (Å²) >= 11 is 0. The van der Waals surface area contributed by atoms with Crippen molar-refractivity contribution in [2.75, 3.05) is 26.7 Å². The molecule has 4 rings (SSSR count). The van der Waals surface area contributed by atoms with Crippen LogP contribution < -0.4 is 0 Å². The van der Waals surface area contributed by atoms with Crippen LogP contribution in [-0.2, 0) is 11.2 Å². The van der Waals surface area contributed by atoms with Crippen LogP contribution in [0.4, 0.5) is 0 Å². The van der Waals surface area contributed by atoms with E-state index in [1.54, 1.807) is 0 Å². The standard InChI is InChI=1S/C27H40N2O/c1-5-15-28(4)18-20-10-12-21(13-11-20)27(30)29-16-14-24-23-9-7-6-8-22(23)17-25(24)26(29)19(2)3/h6-9,19-21,26H,5,10-18H2,1-4H3. The maximum absolute atomic E-state index is 13.7. The Hall–Kier alpha value is -1.61. The normalized spacial score (nSPS) is 26.3.